The Hall–Kier alpha value is -1.28. The first kappa shape index (κ1) is 19.1. The molecular formula is C18H20Cl2N4O2S. The van der Waals surface area contributed by atoms with Crippen LogP contribution in [0, 0.1) is 0 Å². The van der Waals surface area contributed by atoms with Crippen molar-refractivity contribution in [3.05, 3.63) is 34.1 Å². The number of hydrogen-bond donors (Lipinski definition) is 1. The van der Waals surface area contributed by atoms with Gasteiger partial charge in [0, 0.05) is 17.5 Å². The van der Waals surface area contributed by atoms with E-state index in [1.807, 2.05) is 0 Å². The molecule has 1 amide bonds. The van der Waals surface area contributed by atoms with Crippen molar-refractivity contribution < 1.29 is 9.53 Å². The summed E-state index contributed by atoms with van der Waals surface area (Å²) in [5, 5.41) is 13.2. The van der Waals surface area contributed by atoms with Crippen LogP contribution in [0.1, 0.15) is 37.4 Å². The summed E-state index contributed by atoms with van der Waals surface area (Å²) in [6.07, 6.45) is 4.66. The van der Waals surface area contributed by atoms with Gasteiger partial charge in [-0.1, -0.05) is 35.0 Å². The van der Waals surface area contributed by atoms with E-state index in [0.29, 0.717) is 21.7 Å². The van der Waals surface area contributed by atoms with Crippen LogP contribution >= 0.6 is 35.0 Å². The monoisotopic (exact) mass is 426 g/mol. The SMILES string of the molecule is O=C(CSc1nnc(C2CC2)n1CC1CCCO1)Nc1cc(Cl)ccc1Cl. The van der Waals surface area contributed by atoms with E-state index in [1.165, 1.54) is 11.8 Å². The predicted molar refractivity (Wildman–Crippen MR) is 107 cm³/mol. The van der Waals surface area contributed by atoms with Crippen LogP contribution in [0.15, 0.2) is 23.4 Å². The van der Waals surface area contributed by atoms with Crippen LogP contribution in [0.25, 0.3) is 0 Å². The third-order valence-corrected chi connectivity index (χ3v) is 6.16. The summed E-state index contributed by atoms with van der Waals surface area (Å²) in [4.78, 5) is 12.3. The number of carbonyl (C=O) groups is 1. The van der Waals surface area contributed by atoms with Gasteiger partial charge in [0.1, 0.15) is 5.82 Å². The van der Waals surface area contributed by atoms with Crippen molar-refractivity contribution in [1.82, 2.24) is 14.8 Å². The topological polar surface area (TPSA) is 69.0 Å². The van der Waals surface area contributed by atoms with E-state index in [1.54, 1.807) is 18.2 Å². The lowest BCUT2D eigenvalue weighted by Crippen LogP contribution is -2.19. The van der Waals surface area contributed by atoms with Gasteiger partial charge in [-0.15, -0.1) is 10.2 Å². The third-order valence-electron chi connectivity index (χ3n) is 4.63. The van der Waals surface area contributed by atoms with E-state index in [2.05, 4.69) is 20.1 Å². The van der Waals surface area contributed by atoms with Crippen LogP contribution in [0.4, 0.5) is 5.69 Å². The molecule has 1 atom stereocenters. The molecule has 2 heterocycles. The fraction of sp³-hybridized carbons (Fsp3) is 0.500. The quantitative estimate of drug-likeness (QED) is 0.665. The maximum atomic E-state index is 12.3. The number of thioether (sulfide) groups is 1. The molecule has 1 aromatic heterocycles. The summed E-state index contributed by atoms with van der Waals surface area (Å²) in [7, 11) is 0. The Morgan fingerprint density at radius 3 is 2.89 bits per heavy atom. The van der Waals surface area contributed by atoms with Crippen LogP contribution in [0.2, 0.25) is 10.0 Å². The molecule has 4 rings (SSSR count). The maximum Gasteiger partial charge on any atom is 0.234 e. The van der Waals surface area contributed by atoms with Gasteiger partial charge in [0.2, 0.25) is 5.91 Å². The molecule has 0 bridgehead atoms. The Bertz CT molecular complexity index is 835. The highest BCUT2D eigenvalue weighted by molar-refractivity contribution is 7.99. The number of halogens is 2. The van der Waals surface area contributed by atoms with E-state index in [4.69, 9.17) is 27.9 Å². The minimum absolute atomic E-state index is 0.163. The number of aromatic nitrogens is 3. The number of anilines is 1. The molecule has 1 aliphatic heterocycles. The van der Waals surface area contributed by atoms with Gasteiger partial charge in [-0.3, -0.25) is 4.79 Å². The fourth-order valence-corrected chi connectivity index (χ4v) is 4.22. The third kappa shape index (κ3) is 4.77. The minimum atomic E-state index is -0.163. The Balaban J connectivity index is 1.41. The van der Waals surface area contributed by atoms with Gasteiger partial charge in [0.15, 0.2) is 5.16 Å². The molecule has 1 saturated carbocycles. The summed E-state index contributed by atoms with van der Waals surface area (Å²) in [6.45, 7) is 1.57. The molecular weight excluding hydrogens is 407 g/mol. The highest BCUT2D eigenvalue weighted by atomic mass is 35.5. The summed E-state index contributed by atoms with van der Waals surface area (Å²) in [5.74, 6) is 1.57. The first-order valence-electron chi connectivity index (χ1n) is 9.02. The molecule has 2 fully saturated rings. The van der Waals surface area contributed by atoms with Crippen molar-refractivity contribution in [1.29, 1.82) is 0 Å². The van der Waals surface area contributed by atoms with E-state index in [0.717, 1.165) is 49.8 Å². The normalized spacial score (nSPS) is 19.4. The number of hydrogen-bond acceptors (Lipinski definition) is 5. The average molecular weight is 427 g/mol. The maximum absolute atomic E-state index is 12.3. The van der Waals surface area contributed by atoms with Gasteiger partial charge in [-0.05, 0) is 43.9 Å². The molecule has 6 nitrogen and oxygen atoms in total. The van der Waals surface area contributed by atoms with Gasteiger partial charge in [0.25, 0.3) is 0 Å². The lowest BCUT2D eigenvalue weighted by Gasteiger charge is -2.14. The number of nitrogens with one attached hydrogen (secondary N) is 1. The number of rotatable bonds is 7. The van der Waals surface area contributed by atoms with E-state index in [9.17, 15) is 4.79 Å². The number of amides is 1. The van der Waals surface area contributed by atoms with Crippen LogP contribution < -0.4 is 5.32 Å². The Morgan fingerprint density at radius 2 is 2.15 bits per heavy atom. The Labute approximate surface area is 172 Å². The largest absolute Gasteiger partial charge is 0.376 e. The second-order valence-corrected chi connectivity index (χ2v) is 8.61. The number of benzene rings is 1. The molecule has 0 radical (unpaired) electrons. The van der Waals surface area contributed by atoms with E-state index in [-0.39, 0.29) is 17.8 Å². The zero-order chi connectivity index (χ0) is 18.8. The van der Waals surface area contributed by atoms with E-state index < -0.39 is 0 Å². The van der Waals surface area contributed by atoms with Gasteiger partial charge >= 0.3 is 0 Å². The lowest BCUT2D eigenvalue weighted by molar-refractivity contribution is -0.113. The van der Waals surface area contributed by atoms with Gasteiger partial charge in [-0.2, -0.15) is 0 Å². The number of carbonyl (C=O) groups excluding carboxylic acids is 1. The van der Waals surface area contributed by atoms with Crippen LogP contribution in [-0.2, 0) is 16.1 Å². The second-order valence-electron chi connectivity index (χ2n) is 6.82. The van der Waals surface area contributed by atoms with E-state index >= 15 is 0 Å². The van der Waals surface area contributed by atoms with Crippen molar-refractivity contribution >= 4 is 46.6 Å². The van der Waals surface area contributed by atoms with Gasteiger partial charge in [-0.25, -0.2) is 0 Å². The average Bonchev–Trinajstić information content (AvgIpc) is 3.21. The first-order valence-corrected chi connectivity index (χ1v) is 10.8. The molecule has 1 unspecified atom stereocenters. The second kappa shape index (κ2) is 8.39. The summed E-state index contributed by atoms with van der Waals surface area (Å²) in [6, 6.07) is 4.98. The Kier molecular flexibility index (Phi) is 5.92. The molecule has 27 heavy (non-hydrogen) atoms. The number of ether oxygens (including phenoxy) is 1. The van der Waals surface area contributed by atoms with Crippen molar-refractivity contribution in [2.45, 2.75) is 49.4 Å². The summed E-state index contributed by atoms with van der Waals surface area (Å²) >= 11 is 13.4. The van der Waals surface area contributed by atoms with Crippen molar-refractivity contribution in [3.8, 4) is 0 Å². The molecule has 9 heteroatoms. The molecule has 1 aliphatic carbocycles. The van der Waals surface area contributed by atoms with Crippen LogP contribution in [-0.4, -0.2) is 39.1 Å². The molecule has 1 N–H and O–H groups in total. The highest BCUT2D eigenvalue weighted by Crippen LogP contribution is 2.40. The van der Waals surface area contributed by atoms with Gasteiger partial charge in [0.05, 0.1) is 29.1 Å². The predicted octanol–water partition coefficient (Wildman–Crippen LogP) is 4.37. The minimum Gasteiger partial charge on any atom is -0.376 e. The molecule has 2 aromatic rings. The standard InChI is InChI=1S/C18H20Cl2N4O2S/c19-12-5-6-14(20)15(8-12)21-16(25)10-27-18-23-22-17(11-3-4-11)24(18)9-13-2-1-7-26-13/h5-6,8,11,13H,1-4,7,9-10H2,(H,21,25). The molecule has 2 aliphatic rings. The van der Waals surface area contributed by atoms with Crippen molar-refractivity contribution in [3.63, 3.8) is 0 Å². The van der Waals surface area contributed by atoms with Crippen molar-refractivity contribution in [2.75, 3.05) is 17.7 Å². The zero-order valence-electron chi connectivity index (χ0n) is 14.7. The zero-order valence-corrected chi connectivity index (χ0v) is 17.0. The molecule has 1 aromatic carbocycles. The summed E-state index contributed by atoms with van der Waals surface area (Å²) < 4.78 is 7.91. The van der Waals surface area contributed by atoms with Crippen LogP contribution in [0.3, 0.4) is 0 Å². The van der Waals surface area contributed by atoms with Gasteiger partial charge < -0.3 is 14.6 Å². The molecule has 144 valence electrons. The van der Waals surface area contributed by atoms with Crippen LogP contribution in [0.5, 0.6) is 0 Å². The molecule has 0 spiro atoms. The smallest absolute Gasteiger partial charge is 0.234 e. The fourth-order valence-electron chi connectivity index (χ4n) is 3.12. The Morgan fingerprint density at radius 1 is 1.30 bits per heavy atom. The molecule has 1 saturated heterocycles. The lowest BCUT2D eigenvalue weighted by atomic mass is 10.2. The highest BCUT2D eigenvalue weighted by Gasteiger charge is 2.32. The van der Waals surface area contributed by atoms with Crippen molar-refractivity contribution in [2.24, 2.45) is 0 Å². The number of nitrogens with zero attached hydrogens (tertiary/aromatic N) is 3. The summed E-state index contributed by atoms with van der Waals surface area (Å²) in [5.41, 5.74) is 0.509. The first-order chi connectivity index (χ1) is 13.1.